The van der Waals surface area contributed by atoms with Gasteiger partial charge in [0.25, 0.3) is 0 Å². The number of aryl methyl sites for hydroxylation is 6. The Balaban J connectivity index is 0.000000177. The molecule has 9 aromatic rings. The van der Waals surface area contributed by atoms with Crippen LogP contribution in [0.4, 0.5) is 39.5 Å². The van der Waals surface area contributed by atoms with Crippen LogP contribution in [0.3, 0.4) is 0 Å². The summed E-state index contributed by atoms with van der Waals surface area (Å²) in [6, 6.07) is 46.6. The van der Waals surface area contributed by atoms with Crippen LogP contribution in [-0.2, 0) is 90.7 Å². The predicted octanol–water partition coefficient (Wildman–Crippen LogP) is 16.0. The molecule has 9 N–H and O–H groups in total. The van der Waals surface area contributed by atoms with Crippen LogP contribution < -0.4 is 33.2 Å². The first-order valence-corrected chi connectivity index (χ1v) is 38.5. The number of aromatic nitrogens is 6. The first-order chi connectivity index (χ1) is 53.3. The maximum absolute atomic E-state index is 13.8. The second kappa shape index (κ2) is 39.4. The molecule has 3 fully saturated rings. The van der Waals surface area contributed by atoms with Gasteiger partial charge in [0.05, 0.1) is 51.5 Å². The summed E-state index contributed by atoms with van der Waals surface area (Å²) in [5, 5.41) is 10.1. The molecule has 0 saturated carbocycles. The zero-order valence-electron chi connectivity index (χ0n) is 63.1. The number of rotatable bonds is 27. The van der Waals surface area contributed by atoms with Crippen LogP contribution in [0.15, 0.2) is 164 Å². The van der Waals surface area contributed by atoms with Gasteiger partial charge in [-0.2, -0.15) is 39.5 Å². The van der Waals surface area contributed by atoms with Crippen LogP contribution in [-0.4, -0.2) is 86.9 Å². The minimum Gasteiger partial charge on any atom is -0.369 e. The van der Waals surface area contributed by atoms with Gasteiger partial charge in [-0.05, 0) is 220 Å². The molecule has 0 radical (unpaired) electrons. The predicted molar refractivity (Wildman–Crippen MR) is 412 cm³/mol. The number of nitrogens with two attached hydrogens (primary N) is 3. The monoisotopic (exact) mass is 1530 g/mol. The van der Waals surface area contributed by atoms with Gasteiger partial charge in [0.2, 0.25) is 17.7 Å². The lowest BCUT2D eigenvalue weighted by Gasteiger charge is -2.23. The maximum atomic E-state index is 13.8. The fourth-order valence-corrected chi connectivity index (χ4v) is 15.4. The van der Waals surface area contributed by atoms with Gasteiger partial charge < -0.3 is 33.2 Å². The van der Waals surface area contributed by atoms with E-state index in [9.17, 15) is 53.9 Å². The minimum atomic E-state index is -4.55. The Morgan fingerprint density at radius 2 is 0.595 bits per heavy atom. The summed E-state index contributed by atoms with van der Waals surface area (Å²) in [6.45, 7) is 11.7. The number of nitrogens with zero attached hydrogens (tertiary/aromatic N) is 6. The quantitative estimate of drug-likeness (QED) is 0.0263. The molecule has 3 aliphatic heterocycles. The largest absolute Gasteiger partial charge is 0.419 e. The van der Waals surface area contributed by atoms with Crippen molar-refractivity contribution in [1.29, 1.82) is 0 Å². The van der Waals surface area contributed by atoms with E-state index in [1.165, 1.54) is 16.7 Å². The Hall–Kier alpha value is -9.78. The third kappa shape index (κ3) is 23.4. The van der Waals surface area contributed by atoms with Gasteiger partial charge in [-0.3, -0.25) is 14.4 Å². The molecule has 3 saturated heterocycles. The van der Waals surface area contributed by atoms with Crippen molar-refractivity contribution in [1.82, 2.24) is 45.9 Å². The zero-order valence-corrected chi connectivity index (χ0v) is 63.1. The number of primary amides is 3. The molecule has 24 heteroatoms. The van der Waals surface area contributed by atoms with Gasteiger partial charge in [-0.25, -0.2) is 29.9 Å². The van der Waals surface area contributed by atoms with Gasteiger partial charge >= 0.3 is 18.5 Å². The number of amides is 3. The summed E-state index contributed by atoms with van der Waals surface area (Å²) in [4.78, 5) is 61.0. The first kappa shape index (κ1) is 83.7. The van der Waals surface area contributed by atoms with Crippen molar-refractivity contribution in [2.75, 3.05) is 39.3 Å². The molecule has 3 atom stereocenters. The molecule has 111 heavy (non-hydrogen) atoms. The maximum Gasteiger partial charge on any atom is 0.419 e. The smallest absolute Gasteiger partial charge is 0.369 e. The van der Waals surface area contributed by atoms with Crippen molar-refractivity contribution in [3.05, 3.63) is 282 Å². The summed E-state index contributed by atoms with van der Waals surface area (Å²) in [5.74, 6) is -0.0918. The van der Waals surface area contributed by atoms with Gasteiger partial charge in [-0.1, -0.05) is 166 Å². The molecule has 6 aromatic carbocycles. The van der Waals surface area contributed by atoms with Crippen molar-refractivity contribution in [2.24, 2.45) is 17.2 Å². The van der Waals surface area contributed by atoms with Gasteiger partial charge in [0.1, 0.15) is 17.5 Å². The van der Waals surface area contributed by atoms with Crippen molar-refractivity contribution in [2.45, 2.75) is 190 Å². The third-order valence-corrected chi connectivity index (χ3v) is 21.6. The lowest BCUT2D eigenvalue weighted by atomic mass is 9.89. The number of hydrogen-bond donors (Lipinski definition) is 6. The highest BCUT2D eigenvalue weighted by atomic mass is 19.4. The Labute approximate surface area is 643 Å². The Morgan fingerprint density at radius 3 is 0.811 bits per heavy atom. The summed E-state index contributed by atoms with van der Waals surface area (Å²) in [6.07, 6.45) is -0.570. The number of hydrogen-bond acceptors (Lipinski definition) is 12. The highest BCUT2D eigenvalue weighted by molar-refractivity contribution is 5.83. The molecule has 0 spiro atoms. The molecule has 12 rings (SSSR count). The number of carbonyl (C=O) groups excluding carboxylic acids is 3. The van der Waals surface area contributed by atoms with E-state index in [0.717, 1.165) is 146 Å². The lowest BCUT2D eigenvalue weighted by molar-refractivity contribution is -0.139. The summed E-state index contributed by atoms with van der Waals surface area (Å²) in [5.41, 5.74) is 25.6. The average Bonchev–Trinajstić information content (AvgIpc) is 0.807. The summed E-state index contributed by atoms with van der Waals surface area (Å²) in [7, 11) is 0. The SMILES string of the molecule is CCC(C(N)=O)c1ccccc1CCc1nc(Cc2ccc(C3CCNCC3)cc2)ncc1C(F)(F)F.CC[C@@H](C(N)=O)c1ccccc1CCc1nc(Cc2ccc(C3CCNCC3)cc2)ncc1C(F)(F)F.CC[C@H](C(N)=O)c1ccccc1CCc1nc(Cc2ccc(C3CCNCC3)cc2)ncc1C(F)(F)F. The third-order valence-electron chi connectivity index (χ3n) is 21.6. The molecule has 0 aliphatic carbocycles. The average molecular weight is 1530 g/mol. The fourth-order valence-electron chi connectivity index (χ4n) is 15.4. The summed E-state index contributed by atoms with van der Waals surface area (Å²) < 4.78 is 124. The van der Waals surface area contributed by atoms with E-state index in [2.05, 4.69) is 82.3 Å². The van der Waals surface area contributed by atoms with Crippen LogP contribution in [0, 0.1) is 0 Å². The molecule has 0 bridgehead atoms. The molecule has 588 valence electrons. The van der Waals surface area contributed by atoms with E-state index in [4.69, 9.17) is 17.2 Å². The van der Waals surface area contributed by atoms with Crippen molar-refractivity contribution < 1.29 is 53.9 Å². The molecule has 3 aliphatic rings. The Morgan fingerprint density at radius 1 is 0.360 bits per heavy atom. The van der Waals surface area contributed by atoms with Crippen molar-refractivity contribution in [3.63, 3.8) is 0 Å². The van der Waals surface area contributed by atoms with Crippen LogP contribution in [0.5, 0.6) is 0 Å². The molecule has 1 unspecified atom stereocenters. The number of carbonyl (C=O) groups is 3. The highest BCUT2D eigenvalue weighted by Gasteiger charge is 2.38. The van der Waals surface area contributed by atoms with E-state index in [0.29, 0.717) is 93.0 Å². The van der Waals surface area contributed by atoms with E-state index >= 15 is 0 Å². The van der Waals surface area contributed by atoms with E-state index in [-0.39, 0.29) is 36.3 Å². The van der Waals surface area contributed by atoms with Gasteiger partial charge in [0.15, 0.2) is 0 Å². The minimum absolute atomic E-state index is 0.0363. The Bertz CT molecular complexity index is 4070. The highest BCUT2D eigenvalue weighted by Crippen LogP contribution is 2.38. The normalized spacial score (nSPS) is 15.5. The number of benzene rings is 6. The summed E-state index contributed by atoms with van der Waals surface area (Å²) >= 11 is 0. The van der Waals surface area contributed by atoms with Gasteiger partial charge in [0, 0.05) is 37.9 Å². The number of halogens is 9. The second-order valence-electron chi connectivity index (χ2n) is 28.9. The van der Waals surface area contributed by atoms with Crippen molar-refractivity contribution >= 4 is 17.7 Å². The molecule has 3 aromatic heterocycles. The lowest BCUT2D eigenvalue weighted by Crippen LogP contribution is -2.26. The molecular weight excluding hydrogens is 1430 g/mol. The van der Waals surface area contributed by atoms with E-state index in [1.807, 2.05) is 130 Å². The molecule has 3 amide bonds. The fraction of sp³-hybridized carbons (Fsp3) is 0.414. The van der Waals surface area contributed by atoms with Crippen LogP contribution >= 0.6 is 0 Å². The first-order valence-electron chi connectivity index (χ1n) is 38.5. The van der Waals surface area contributed by atoms with Crippen LogP contribution in [0.2, 0.25) is 0 Å². The van der Waals surface area contributed by atoms with Crippen molar-refractivity contribution in [3.8, 4) is 0 Å². The zero-order chi connectivity index (χ0) is 79.2. The number of alkyl halides is 9. The number of piperidine rings is 3. The van der Waals surface area contributed by atoms with E-state index < -0.39 is 70.7 Å². The molecule has 15 nitrogen and oxygen atoms in total. The molecule has 6 heterocycles. The van der Waals surface area contributed by atoms with Crippen LogP contribution in [0.1, 0.15) is 232 Å². The van der Waals surface area contributed by atoms with E-state index in [1.54, 1.807) is 0 Å². The van der Waals surface area contributed by atoms with Gasteiger partial charge in [-0.15, -0.1) is 0 Å². The Kier molecular flexibility index (Phi) is 29.7. The molecular formula is C87H99F9N12O3. The van der Waals surface area contributed by atoms with Crippen LogP contribution in [0.25, 0.3) is 0 Å². The topological polar surface area (TPSA) is 243 Å². The standard InChI is InChI=1S/3C29H33F3N4O/c3*1-2-23(28(33)37)24-6-4-3-5-22(24)11-12-26-25(29(30,31)32)18-35-27(36-26)17-19-7-9-20(10-8-19)21-13-15-34-16-14-21/h3*3-10,18,21,23,34H,2,11-17H2,1H3,(H2,33,37)/t2*23-;/m10./s1. The second-order valence-corrected chi connectivity index (χ2v) is 28.9. The number of nitrogens with one attached hydrogen (secondary N) is 3.